The Morgan fingerprint density at radius 3 is 2.71 bits per heavy atom. The van der Waals surface area contributed by atoms with Crippen molar-refractivity contribution in [2.45, 2.75) is 0 Å². The first-order valence-corrected chi connectivity index (χ1v) is 2.30. The van der Waals surface area contributed by atoms with Gasteiger partial charge >= 0.3 is 5.97 Å². The van der Waals surface area contributed by atoms with E-state index in [-0.39, 0.29) is 5.97 Å². The van der Waals surface area contributed by atoms with E-state index in [4.69, 9.17) is 0 Å². The van der Waals surface area contributed by atoms with E-state index in [9.17, 15) is 4.79 Å². The smallest absolute Gasteiger partial charge is 0.332 e. The van der Waals surface area contributed by atoms with Crippen molar-refractivity contribution in [3.63, 3.8) is 0 Å². The van der Waals surface area contributed by atoms with Gasteiger partial charge in [0.05, 0.1) is 0 Å². The van der Waals surface area contributed by atoms with E-state index in [0.29, 0.717) is 11.5 Å². The number of hydrogen-bond donors (Lipinski definition) is 1. The highest BCUT2D eigenvalue weighted by molar-refractivity contribution is 7.84. The molecule has 0 aliphatic carbocycles. The molecule has 1 aliphatic rings. The Kier molecular flexibility index (Phi) is 1.06. The highest BCUT2D eigenvalue weighted by Gasteiger charge is 2.07. The molecular weight excluding hydrogens is 112 g/mol. The van der Waals surface area contributed by atoms with Gasteiger partial charge in [-0.05, 0) is 0 Å². The van der Waals surface area contributed by atoms with Gasteiger partial charge in [0, 0.05) is 11.0 Å². The molecule has 0 unspecified atom stereocenters. The van der Waals surface area contributed by atoms with Crippen molar-refractivity contribution in [2.75, 3.05) is 6.61 Å². The first-order chi connectivity index (χ1) is 3.29. The zero-order valence-electron chi connectivity index (χ0n) is 3.55. The van der Waals surface area contributed by atoms with Crippen LogP contribution >= 0.6 is 12.6 Å². The van der Waals surface area contributed by atoms with Gasteiger partial charge in [0.15, 0.2) is 0 Å². The molecule has 1 rings (SSSR count). The highest BCUT2D eigenvalue weighted by atomic mass is 32.1. The third kappa shape index (κ3) is 0.962. The maximum absolute atomic E-state index is 10.1. The Morgan fingerprint density at radius 2 is 2.57 bits per heavy atom. The standard InChI is InChI=1S/C4H4O2S/c5-4-1-3(7)2-6-4/h1,7H,2H2. The fourth-order valence-electron chi connectivity index (χ4n) is 0.364. The van der Waals surface area contributed by atoms with Crippen LogP contribution in [0.3, 0.4) is 0 Å². The Morgan fingerprint density at radius 1 is 1.86 bits per heavy atom. The van der Waals surface area contributed by atoms with Gasteiger partial charge in [0.2, 0.25) is 0 Å². The van der Waals surface area contributed by atoms with Gasteiger partial charge < -0.3 is 4.74 Å². The van der Waals surface area contributed by atoms with Crippen LogP contribution in [0.25, 0.3) is 0 Å². The molecule has 0 aromatic carbocycles. The number of carbonyl (C=O) groups is 1. The molecule has 0 bridgehead atoms. The van der Waals surface area contributed by atoms with Crippen LogP contribution in [0.1, 0.15) is 0 Å². The molecule has 0 saturated carbocycles. The van der Waals surface area contributed by atoms with Gasteiger partial charge in [-0.15, -0.1) is 12.6 Å². The second-order valence-electron chi connectivity index (χ2n) is 1.24. The molecule has 2 nitrogen and oxygen atoms in total. The number of thiol groups is 1. The minimum Gasteiger partial charge on any atom is -0.457 e. The third-order valence-electron chi connectivity index (χ3n) is 0.647. The van der Waals surface area contributed by atoms with Crippen LogP contribution in [-0.2, 0) is 9.53 Å². The maximum Gasteiger partial charge on any atom is 0.332 e. The zero-order chi connectivity index (χ0) is 5.28. The minimum atomic E-state index is -0.287. The number of esters is 1. The third-order valence-corrected chi connectivity index (χ3v) is 0.905. The summed E-state index contributed by atoms with van der Waals surface area (Å²) in [5, 5.41) is 0. The lowest BCUT2D eigenvalue weighted by atomic mass is 10.6. The van der Waals surface area contributed by atoms with Crippen LogP contribution in [0.5, 0.6) is 0 Å². The lowest BCUT2D eigenvalue weighted by Crippen LogP contribution is -1.89. The van der Waals surface area contributed by atoms with Crippen LogP contribution in [0.2, 0.25) is 0 Å². The predicted octanol–water partition coefficient (Wildman–Crippen LogP) is 0.357. The molecule has 0 spiro atoms. The van der Waals surface area contributed by atoms with E-state index >= 15 is 0 Å². The van der Waals surface area contributed by atoms with Gasteiger partial charge in [-0.2, -0.15) is 0 Å². The molecule has 1 heterocycles. The Bertz CT molecular complexity index is 128. The largest absolute Gasteiger partial charge is 0.457 e. The van der Waals surface area contributed by atoms with Gasteiger partial charge in [0.25, 0.3) is 0 Å². The van der Waals surface area contributed by atoms with E-state index in [0.717, 1.165) is 0 Å². The summed E-state index contributed by atoms with van der Waals surface area (Å²) in [6.45, 7) is 0.349. The quantitative estimate of drug-likeness (QED) is 0.365. The fourth-order valence-corrected chi connectivity index (χ4v) is 0.534. The van der Waals surface area contributed by atoms with Crippen molar-refractivity contribution in [3.8, 4) is 0 Å². The van der Waals surface area contributed by atoms with E-state index in [1.165, 1.54) is 6.08 Å². The average Bonchev–Trinajstić information content (AvgIpc) is 1.87. The van der Waals surface area contributed by atoms with Crippen LogP contribution in [0.4, 0.5) is 0 Å². The number of ether oxygens (including phenoxy) is 1. The number of rotatable bonds is 0. The van der Waals surface area contributed by atoms with Crippen molar-refractivity contribution in [1.29, 1.82) is 0 Å². The van der Waals surface area contributed by atoms with E-state index in [2.05, 4.69) is 17.4 Å². The number of hydrogen-bond acceptors (Lipinski definition) is 3. The molecule has 0 amide bonds. The zero-order valence-corrected chi connectivity index (χ0v) is 4.44. The average molecular weight is 116 g/mol. The van der Waals surface area contributed by atoms with Gasteiger partial charge in [0.1, 0.15) is 6.61 Å². The Balaban J connectivity index is 2.67. The van der Waals surface area contributed by atoms with E-state index in [1.54, 1.807) is 0 Å². The second-order valence-corrected chi connectivity index (χ2v) is 1.82. The van der Waals surface area contributed by atoms with Crippen LogP contribution in [-0.4, -0.2) is 12.6 Å². The molecule has 1 aliphatic heterocycles. The molecule has 0 saturated heterocycles. The Labute approximate surface area is 46.6 Å². The van der Waals surface area contributed by atoms with Crippen molar-refractivity contribution in [3.05, 3.63) is 11.0 Å². The Hall–Kier alpha value is -0.440. The summed E-state index contributed by atoms with van der Waals surface area (Å²) in [5.74, 6) is -0.287. The normalized spacial score (nSPS) is 19.0. The first-order valence-electron chi connectivity index (χ1n) is 1.85. The lowest BCUT2D eigenvalue weighted by molar-refractivity contribution is -0.134. The molecule has 0 atom stereocenters. The van der Waals surface area contributed by atoms with Gasteiger partial charge in [-0.3, -0.25) is 0 Å². The topological polar surface area (TPSA) is 26.3 Å². The summed E-state index contributed by atoms with van der Waals surface area (Å²) in [5.41, 5.74) is 0. The lowest BCUT2D eigenvalue weighted by Gasteiger charge is -1.84. The second kappa shape index (κ2) is 1.58. The molecule has 0 aromatic heterocycles. The molecule has 0 radical (unpaired) electrons. The molecular formula is C4H4O2S. The van der Waals surface area contributed by atoms with Crippen LogP contribution < -0.4 is 0 Å². The summed E-state index contributed by atoms with van der Waals surface area (Å²) in [4.78, 5) is 10.8. The summed E-state index contributed by atoms with van der Waals surface area (Å²) < 4.78 is 4.46. The number of carbonyl (C=O) groups excluding carboxylic acids is 1. The maximum atomic E-state index is 10.1. The van der Waals surface area contributed by atoms with Crippen molar-refractivity contribution < 1.29 is 9.53 Å². The molecule has 38 valence electrons. The van der Waals surface area contributed by atoms with Gasteiger partial charge in [-0.25, -0.2) is 4.79 Å². The first kappa shape index (κ1) is 4.71. The van der Waals surface area contributed by atoms with Crippen LogP contribution in [0.15, 0.2) is 11.0 Å². The van der Waals surface area contributed by atoms with E-state index < -0.39 is 0 Å². The molecule has 0 N–H and O–H groups in total. The van der Waals surface area contributed by atoms with Gasteiger partial charge in [-0.1, -0.05) is 0 Å². The van der Waals surface area contributed by atoms with Crippen molar-refractivity contribution in [2.24, 2.45) is 0 Å². The minimum absolute atomic E-state index is 0.287. The molecule has 7 heavy (non-hydrogen) atoms. The highest BCUT2D eigenvalue weighted by Crippen LogP contribution is 2.07. The SMILES string of the molecule is O=C1C=C(S)CO1. The fraction of sp³-hybridized carbons (Fsp3) is 0.250. The summed E-state index contributed by atoms with van der Waals surface area (Å²) in [7, 11) is 0. The summed E-state index contributed by atoms with van der Waals surface area (Å²) in [6, 6.07) is 0. The van der Waals surface area contributed by atoms with Crippen molar-refractivity contribution in [1.82, 2.24) is 0 Å². The van der Waals surface area contributed by atoms with E-state index in [1.807, 2.05) is 0 Å². The monoisotopic (exact) mass is 116 g/mol. The summed E-state index contributed by atoms with van der Waals surface area (Å²) >= 11 is 3.87. The number of cyclic esters (lactones) is 1. The van der Waals surface area contributed by atoms with Crippen molar-refractivity contribution >= 4 is 18.6 Å². The molecule has 3 heteroatoms. The summed E-state index contributed by atoms with van der Waals surface area (Å²) in [6.07, 6.45) is 1.36. The molecule has 0 aromatic rings. The van der Waals surface area contributed by atoms with Crippen LogP contribution in [0, 0.1) is 0 Å². The predicted molar refractivity (Wildman–Crippen MR) is 28.0 cm³/mol. The molecule has 0 fully saturated rings.